The van der Waals surface area contributed by atoms with Gasteiger partial charge in [-0.3, -0.25) is 0 Å². The topological polar surface area (TPSA) is 0 Å². The Hall–Kier alpha value is -4.00. The maximum atomic E-state index is 3.95. The van der Waals surface area contributed by atoms with Crippen molar-refractivity contribution in [1.29, 1.82) is 0 Å². The Morgan fingerprint density at radius 1 is 0.533 bits per heavy atom. The van der Waals surface area contributed by atoms with Crippen molar-refractivity contribution in [1.82, 2.24) is 0 Å². The number of aryl methyl sites for hydroxylation is 4. The second-order valence-corrected chi connectivity index (χ2v) is 20.1. The summed E-state index contributed by atoms with van der Waals surface area (Å²) in [5.41, 5.74) is 21.7. The van der Waals surface area contributed by atoms with Crippen LogP contribution in [0, 0.1) is 33.8 Å². The summed E-state index contributed by atoms with van der Waals surface area (Å²) in [4.78, 5) is 0. The summed E-state index contributed by atoms with van der Waals surface area (Å²) in [6.07, 6.45) is 3.18. The Morgan fingerprint density at radius 2 is 0.983 bits per heavy atom. The molecule has 1 aliphatic rings. The largest absolute Gasteiger partial charge is 0.214 e. The number of halogens is 2. The minimum atomic E-state index is 0. The summed E-state index contributed by atoms with van der Waals surface area (Å²) in [7, 11) is 0. The first-order valence-corrected chi connectivity index (χ1v) is 22.0. The van der Waals surface area contributed by atoms with Gasteiger partial charge in [-0.25, -0.2) is 12.1 Å². The molecule has 1 aliphatic carbocycles. The standard InChI is InChI=1S/C37H41.C15H14.C5H5.2ClH.Zr/c1-22-11-23(2)14-26(13-22)32-18-28-17-29-19-33(27-15-24(3)12-25(4)16-27)35(37(8,9)10)21-31(29)30(28)20-34(32)36(5,6)7;1-3-8-14(9-4-1)12-7-13-15-10-5-2-6-11-15;1-2-4-5-3-1;;;/h11-16,18,20-21H,17H2,1-10H3;1-6,8-11H,12-13H2;1-5H;2*1H;/q-1;;-1;;;+2/p-2. The fourth-order valence-corrected chi connectivity index (χ4v) is 9.20. The van der Waals surface area contributed by atoms with Crippen molar-refractivity contribution < 1.29 is 49.0 Å². The van der Waals surface area contributed by atoms with Crippen LogP contribution in [0.25, 0.3) is 33.4 Å². The van der Waals surface area contributed by atoms with E-state index >= 15 is 0 Å². The molecule has 0 saturated carbocycles. The number of rotatable bonds is 6. The second-order valence-electron chi connectivity index (χ2n) is 18.3. The van der Waals surface area contributed by atoms with Gasteiger partial charge in [0.2, 0.25) is 0 Å². The van der Waals surface area contributed by atoms with Crippen LogP contribution in [0.4, 0.5) is 0 Å². The van der Waals surface area contributed by atoms with E-state index in [1.165, 1.54) is 89.0 Å². The van der Waals surface area contributed by atoms with Gasteiger partial charge in [-0.1, -0.05) is 129 Å². The summed E-state index contributed by atoms with van der Waals surface area (Å²) < 4.78 is 1.60. The van der Waals surface area contributed by atoms with E-state index in [2.05, 4.69) is 191 Å². The molecule has 308 valence electrons. The molecule has 0 N–H and O–H groups in total. The normalized spacial score (nSPS) is 11.4. The summed E-state index contributed by atoms with van der Waals surface area (Å²) in [5, 5.41) is 0. The maximum Gasteiger partial charge on any atom is -0.172 e. The van der Waals surface area contributed by atoms with Crippen molar-refractivity contribution in [2.75, 3.05) is 0 Å². The molecule has 0 aliphatic heterocycles. The first-order valence-electron chi connectivity index (χ1n) is 20.8. The Morgan fingerprint density at radius 3 is 1.42 bits per heavy atom. The van der Waals surface area contributed by atoms with E-state index in [9.17, 15) is 0 Å². The van der Waals surface area contributed by atoms with Gasteiger partial charge >= 0.3 is 112 Å². The van der Waals surface area contributed by atoms with Gasteiger partial charge < -0.3 is 24.8 Å². The van der Waals surface area contributed by atoms with Gasteiger partial charge in [-0.2, -0.15) is 18.2 Å². The van der Waals surface area contributed by atoms with Crippen LogP contribution in [0.3, 0.4) is 0 Å². The molecule has 0 heterocycles. The average Bonchev–Trinajstić information content (AvgIpc) is 3.85. The maximum absolute atomic E-state index is 3.95. The third kappa shape index (κ3) is 12.8. The smallest absolute Gasteiger partial charge is 0.172 e. The van der Waals surface area contributed by atoms with E-state index in [1.54, 1.807) is 27.4 Å². The first kappa shape index (κ1) is 48.7. The summed E-state index contributed by atoms with van der Waals surface area (Å²) >= 11 is 1.55. The summed E-state index contributed by atoms with van der Waals surface area (Å²) in [6.45, 7) is 22.8. The van der Waals surface area contributed by atoms with Crippen molar-refractivity contribution in [3.63, 3.8) is 0 Å². The van der Waals surface area contributed by atoms with Crippen LogP contribution < -0.4 is 24.8 Å². The van der Waals surface area contributed by atoms with Gasteiger partial charge in [0.25, 0.3) is 0 Å². The molecular formula is C57H60Cl2Zr-2. The molecular weight excluding hydrogens is 847 g/mol. The van der Waals surface area contributed by atoms with E-state index in [4.69, 9.17) is 0 Å². The van der Waals surface area contributed by atoms with E-state index in [-0.39, 0.29) is 35.6 Å². The van der Waals surface area contributed by atoms with Crippen LogP contribution in [0.15, 0.2) is 146 Å². The van der Waals surface area contributed by atoms with Crippen molar-refractivity contribution in [3.05, 3.63) is 207 Å². The Labute approximate surface area is 389 Å². The molecule has 0 nitrogen and oxygen atoms in total. The Balaban J connectivity index is 0.000000285. The SMILES string of the molecule is Cc1cc(C)cc(-c2[c-]c3c(cc2C(C)(C)C)-c2cc(C(C)(C)C)c(-c4cc(C)cc(C)c4)cc2C3)c1.[Cl-].[Cl-].[Zr+2]=[C](Cc1ccccc1)Cc1ccccc1.c1cc[cH-]c1. The van der Waals surface area contributed by atoms with Gasteiger partial charge in [0, 0.05) is 0 Å². The monoisotopic (exact) mass is 904 g/mol. The van der Waals surface area contributed by atoms with Crippen LogP contribution in [0.5, 0.6) is 0 Å². The molecule has 0 atom stereocenters. The summed E-state index contributed by atoms with van der Waals surface area (Å²) in [6, 6.07) is 56.6. The first-order chi connectivity index (χ1) is 27.5. The van der Waals surface area contributed by atoms with Crippen LogP contribution in [0.2, 0.25) is 0 Å². The zero-order valence-electron chi connectivity index (χ0n) is 37.2. The molecule has 0 saturated heterocycles. The molecule has 0 amide bonds. The van der Waals surface area contributed by atoms with Crippen LogP contribution in [-0.2, 0) is 54.3 Å². The number of benzene rings is 6. The van der Waals surface area contributed by atoms with Crippen LogP contribution in [-0.4, -0.2) is 3.21 Å². The van der Waals surface area contributed by atoms with Crippen LogP contribution in [0.1, 0.15) is 97.2 Å². The number of hydrogen-bond acceptors (Lipinski definition) is 0. The molecule has 0 spiro atoms. The summed E-state index contributed by atoms with van der Waals surface area (Å²) in [5.74, 6) is 0. The van der Waals surface area contributed by atoms with Crippen molar-refractivity contribution in [3.8, 4) is 33.4 Å². The molecule has 0 unspecified atom stereocenters. The molecule has 0 aromatic heterocycles. The van der Waals surface area contributed by atoms with Crippen LogP contribution >= 0.6 is 0 Å². The minimum absolute atomic E-state index is 0. The van der Waals surface area contributed by atoms with E-state index < -0.39 is 0 Å². The van der Waals surface area contributed by atoms with Crippen molar-refractivity contribution in [2.24, 2.45) is 0 Å². The average molecular weight is 907 g/mol. The van der Waals surface area contributed by atoms with E-state index in [0.29, 0.717) is 0 Å². The van der Waals surface area contributed by atoms with Gasteiger partial charge in [0.15, 0.2) is 0 Å². The third-order valence-corrected chi connectivity index (χ3v) is 11.7. The van der Waals surface area contributed by atoms with Gasteiger partial charge in [-0.15, -0.1) is 28.8 Å². The fourth-order valence-electron chi connectivity index (χ4n) is 8.20. The van der Waals surface area contributed by atoms with Gasteiger partial charge in [-0.05, 0) is 67.2 Å². The van der Waals surface area contributed by atoms with Gasteiger partial charge in [0.1, 0.15) is 0 Å². The predicted octanol–water partition coefficient (Wildman–Crippen LogP) is 8.83. The molecule has 7 aromatic rings. The number of hydrogen-bond donors (Lipinski definition) is 0. The van der Waals surface area contributed by atoms with E-state index in [1.807, 2.05) is 30.3 Å². The Bertz CT molecular complexity index is 2260. The van der Waals surface area contributed by atoms with E-state index in [0.717, 1.165) is 19.3 Å². The predicted molar refractivity (Wildman–Crippen MR) is 248 cm³/mol. The molecule has 0 fully saturated rings. The minimum Gasteiger partial charge on any atom is -0.214 e. The third-order valence-electron chi connectivity index (χ3n) is 10.8. The van der Waals surface area contributed by atoms with Crippen molar-refractivity contribution >= 4 is 3.21 Å². The Kier molecular flexibility index (Phi) is 17.2. The molecule has 7 aromatic carbocycles. The zero-order chi connectivity index (χ0) is 41.6. The molecule has 60 heavy (non-hydrogen) atoms. The quantitative estimate of drug-likeness (QED) is 0.147. The zero-order valence-corrected chi connectivity index (χ0v) is 41.2. The molecule has 8 rings (SSSR count). The molecule has 0 radical (unpaired) electrons. The number of fused-ring (bicyclic) bond motifs is 3. The molecule has 0 bridgehead atoms. The second kappa shape index (κ2) is 21.2. The fraction of sp³-hybridized carbons (Fsp3) is 0.263. The van der Waals surface area contributed by atoms with Gasteiger partial charge in [0.05, 0.1) is 0 Å². The molecule has 3 heteroatoms. The van der Waals surface area contributed by atoms with Crippen molar-refractivity contribution in [2.45, 2.75) is 99.3 Å².